The minimum Gasteiger partial charge on any atom is -0.508 e. The topological polar surface area (TPSA) is 75.1 Å². The largest absolute Gasteiger partial charge is 0.508 e. The number of rotatable bonds is 7. The zero-order valence-electron chi connectivity index (χ0n) is 17.0. The Kier molecular flexibility index (Phi) is 6.33. The van der Waals surface area contributed by atoms with Gasteiger partial charge in [0.2, 0.25) is 5.91 Å². The van der Waals surface area contributed by atoms with Gasteiger partial charge in [-0.15, -0.1) is 0 Å². The molecule has 3 aromatic carbocycles. The number of aryl methyl sites for hydroxylation is 1. The second-order valence-corrected chi connectivity index (χ2v) is 7.25. The number of carbonyl (C=O) groups is 1. The van der Waals surface area contributed by atoms with E-state index < -0.39 is 0 Å². The van der Waals surface area contributed by atoms with Crippen LogP contribution >= 0.6 is 0 Å². The maximum atomic E-state index is 12.6. The van der Waals surface area contributed by atoms with Crippen molar-refractivity contribution < 1.29 is 9.90 Å². The highest BCUT2D eigenvalue weighted by atomic mass is 16.3. The minimum absolute atomic E-state index is 0.0993. The zero-order chi connectivity index (χ0) is 21.5. The van der Waals surface area contributed by atoms with Crippen molar-refractivity contribution in [2.24, 2.45) is 0 Å². The van der Waals surface area contributed by atoms with Crippen LogP contribution in [0, 0.1) is 0 Å². The molecular formula is C26H23N3O2. The lowest BCUT2D eigenvalue weighted by Gasteiger charge is -2.12. The predicted molar refractivity (Wildman–Crippen MR) is 123 cm³/mol. The SMILES string of the molecule is O=C(CCCc1ccccc1)Nc1ncc(-c2ccccc2)nc1-c1ccc(O)cc1. The number of aromatic hydroxyl groups is 1. The number of phenols is 1. The molecule has 1 heterocycles. The summed E-state index contributed by atoms with van der Waals surface area (Å²) in [7, 11) is 0. The summed E-state index contributed by atoms with van der Waals surface area (Å²) < 4.78 is 0. The number of phenolic OH excluding ortho intramolecular Hbond substituents is 1. The molecular weight excluding hydrogens is 386 g/mol. The smallest absolute Gasteiger partial charge is 0.225 e. The molecule has 0 fully saturated rings. The Morgan fingerprint density at radius 1 is 0.839 bits per heavy atom. The van der Waals surface area contributed by atoms with Crippen molar-refractivity contribution in [1.82, 2.24) is 9.97 Å². The summed E-state index contributed by atoms with van der Waals surface area (Å²) in [5.74, 6) is 0.482. The van der Waals surface area contributed by atoms with Gasteiger partial charge in [-0.2, -0.15) is 0 Å². The Morgan fingerprint density at radius 2 is 1.52 bits per heavy atom. The maximum Gasteiger partial charge on any atom is 0.225 e. The van der Waals surface area contributed by atoms with E-state index in [4.69, 9.17) is 4.98 Å². The van der Waals surface area contributed by atoms with Crippen molar-refractivity contribution in [3.05, 3.63) is 96.7 Å². The first-order chi connectivity index (χ1) is 15.2. The van der Waals surface area contributed by atoms with Crippen LogP contribution < -0.4 is 5.32 Å². The summed E-state index contributed by atoms with van der Waals surface area (Å²) in [6.45, 7) is 0. The van der Waals surface area contributed by atoms with Gasteiger partial charge in [-0.25, -0.2) is 9.97 Å². The van der Waals surface area contributed by atoms with Crippen LogP contribution in [0.3, 0.4) is 0 Å². The van der Waals surface area contributed by atoms with E-state index in [9.17, 15) is 9.90 Å². The molecule has 0 aliphatic carbocycles. The summed E-state index contributed by atoms with van der Waals surface area (Å²) in [5, 5.41) is 12.5. The molecule has 0 unspecified atom stereocenters. The highest BCUT2D eigenvalue weighted by Crippen LogP contribution is 2.29. The first-order valence-corrected chi connectivity index (χ1v) is 10.2. The standard InChI is InChI=1S/C26H23N3O2/c30-22-16-14-21(15-17-22)25-26(27-18-23(28-25)20-11-5-2-6-12-20)29-24(31)13-7-10-19-8-3-1-4-9-19/h1-6,8-9,11-12,14-18,30H,7,10,13H2,(H,27,29,31). The highest BCUT2D eigenvalue weighted by Gasteiger charge is 2.14. The second kappa shape index (κ2) is 9.67. The number of carbonyl (C=O) groups excluding carboxylic acids is 1. The Morgan fingerprint density at radius 3 is 2.23 bits per heavy atom. The average molecular weight is 409 g/mol. The van der Waals surface area contributed by atoms with Crippen LogP contribution in [0.5, 0.6) is 5.75 Å². The van der Waals surface area contributed by atoms with E-state index in [2.05, 4.69) is 22.4 Å². The number of nitrogens with zero attached hydrogens (tertiary/aromatic N) is 2. The third-order valence-electron chi connectivity index (χ3n) is 4.95. The normalized spacial score (nSPS) is 10.6. The summed E-state index contributed by atoms with van der Waals surface area (Å²) in [6.07, 6.45) is 3.66. The van der Waals surface area contributed by atoms with Gasteiger partial charge in [0.25, 0.3) is 0 Å². The zero-order valence-corrected chi connectivity index (χ0v) is 17.0. The van der Waals surface area contributed by atoms with Crippen LogP contribution in [0.1, 0.15) is 18.4 Å². The third kappa shape index (κ3) is 5.34. The van der Waals surface area contributed by atoms with E-state index in [0.717, 1.165) is 24.0 Å². The van der Waals surface area contributed by atoms with Crippen LogP contribution in [0.25, 0.3) is 22.5 Å². The Bertz CT molecular complexity index is 1140. The molecule has 0 radical (unpaired) electrons. The van der Waals surface area contributed by atoms with Crippen molar-refractivity contribution >= 4 is 11.7 Å². The molecule has 4 rings (SSSR count). The monoisotopic (exact) mass is 409 g/mol. The molecule has 31 heavy (non-hydrogen) atoms. The van der Waals surface area contributed by atoms with E-state index in [1.165, 1.54) is 5.56 Å². The lowest BCUT2D eigenvalue weighted by molar-refractivity contribution is -0.116. The van der Waals surface area contributed by atoms with E-state index in [0.29, 0.717) is 23.6 Å². The number of hydrogen-bond acceptors (Lipinski definition) is 4. The molecule has 0 atom stereocenters. The van der Waals surface area contributed by atoms with Gasteiger partial charge in [0.1, 0.15) is 11.4 Å². The van der Waals surface area contributed by atoms with Gasteiger partial charge >= 0.3 is 0 Å². The van der Waals surface area contributed by atoms with Crippen LogP contribution in [0.15, 0.2) is 91.1 Å². The van der Waals surface area contributed by atoms with E-state index in [1.807, 2.05) is 48.5 Å². The van der Waals surface area contributed by atoms with Crippen LogP contribution in [-0.2, 0) is 11.2 Å². The van der Waals surface area contributed by atoms with Gasteiger partial charge in [0.15, 0.2) is 5.82 Å². The van der Waals surface area contributed by atoms with Gasteiger partial charge < -0.3 is 10.4 Å². The number of benzene rings is 3. The van der Waals surface area contributed by atoms with Crippen molar-refractivity contribution in [2.45, 2.75) is 19.3 Å². The number of anilines is 1. The molecule has 1 amide bonds. The van der Waals surface area contributed by atoms with E-state index >= 15 is 0 Å². The van der Waals surface area contributed by atoms with Crippen LogP contribution in [0.4, 0.5) is 5.82 Å². The molecule has 0 saturated heterocycles. The fourth-order valence-electron chi connectivity index (χ4n) is 3.34. The fourth-order valence-corrected chi connectivity index (χ4v) is 3.34. The number of aromatic nitrogens is 2. The molecule has 0 spiro atoms. The van der Waals surface area contributed by atoms with Gasteiger partial charge in [0, 0.05) is 17.5 Å². The lowest BCUT2D eigenvalue weighted by Crippen LogP contribution is -2.14. The summed E-state index contributed by atoms with van der Waals surface area (Å²) >= 11 is 0. The summed E-state index contributed by atoms with van der Waals surface area (Å²) in [4.78, 5) is 21.8. The van der Waals surface area contributed by atoms with Crippen molar-refractivity contribution in [3.8, 4) is 28.3 Å². The maximum absolute atomic E-state index is 12.6. The van der Waals surface area contributed by atoms with Gasteiger partial charge in [-0.3, -0.25) is 4.79 Å². The second-order valence-electron chi connectivity index (χ2n) is 7.25. The number of amides is 1. The fraction of sp³-hybridized carbons (Fsp3) is 0.115. The predicted octanol–water partition coefficient (Wildman–Crippen LogP) is 5.48. The molecule has 154 valence electrons. The first-order valence-electron chi connectivity index (χ1n) is 10.2. The van der Waals surface area contributed by atoms with Crippen LogP contribution in [-0.4, -0.2) is 21.0 Å². The van der Waals surface area contributed by atoms with Crippen LogP contribution in [0.2, 0.25) is 0 Å². The summed E-state index contributed by atoms with van der Waals surface area (Å²) in [6, 6.07) is 26.6. The van der Waals surface area contributed by atoms with E-state index in [-0.39, 0.29) is 11.7 Å². The Hall–Kier alpha value is -3.99. The molecule has 0 aliphatic rings. The molecule has 0 bridgehead atoms. The molecule has 5 nitrogen and oxygen atoms in total. The molecule has 0 aliphatic heterocycles. The van der Waals surface area contributed by atoms with Gasteiger partial charge in [-0.05, 0) is 42.7 Å². The van der Waals surface area contributed by atoms with Crippen molar-refractivity contribution in [3.63, 3.8) is 0 Å². The highest BCUT2D eigenvalue weighted by molar-refractivity contribution is 5.93. The quantitative estimate of drug-likeness (QED) is 0.424. The Labute approximate surface area is 181 Å². The summed E-state index contributed by atoms with van der Waals surface area (Å²) in [5.41, 5.74) is 4.20. The number of nitrogens with one attached hydrogen (secondary N) is 1. The Balaban J connectivity index is 1.54. The average Bonchev–Trinajstić information content (AvgIpc) is 2.81. The van der Waals surface area contributed by atoms with Gasteiger partial charge in [-0.1, -0.05) is 60.7 Å². The first kappa shape index (κ1) is 20.3. The molecule has 4 aromatic rings. The third-order valence-corrected chi connectivity index (χ3v) is 4.95. The molecule has 0 saturated carbocycles. The lowest BCUT2D eigenvalue weighted by atomic mass is 10.1. The molecule has 1 aromatic heterocycles. The van der Waals surface area contributed by atoms with Gasteiger partial charge in [0.05, 0.1) is 11.9 Å². The van der Waals surface area contributed by atoms with Crippen molar-refractivity contribution in [1.29, 1.82) is 0 Å². The number of hydrogen-bond donors (Lipinski definition) is 2. The van der Waals surface area contributed by atoms with E-state index in [1.54, 1.807) is 30.5 Å². The minimum atomic E-state index is -0.0993. The van der Waals surface area contributed by atoms with Crippen molar-refractivity contribution in [2.75, 3.05) is 5.32 Å². The molecule has 5 heteroatoms. The molecule has 2 N–H and O–H groups in total.